The van der Waals surface area contributed by atoms with E-state index in [1.165, 1.54) is 12.2 Å². The van der Waals surface area contributed by atoms with E-state index in [4.69, 9.17) is 4.74 Å². The van der Waals surface area contributed by atoms with Gasteiger partial charge in [-0.25, -0.2) is 0 Å². The Labute approximate surface area is 137 Å². The number of hydrogen-bond donors (Lipinski definition) is 0. The van der Waals surface area contributed by atoms with Crippen LogP contribution in [0.1, 0.15) is 51.4 Å². The van der Waals surface area contributed by atoms with Gasteiger partial charge in [-0.2, -0.15) is 0 Å². The molecule has 0 N–H and O–H groups in total. The first-order valence-electron chi connectivity index (χ1n) is 7.86. The number of Topliss-reactive ketones (excluding diaryl/α,β-unsaturated/α-hetero) is 4. The summed E-state index contributed by atoms with van der Waals surface area (Å²) in [6.45, 7) is 7.43. The van der Waals surface area contributed by atoms with Crippen LogP contribution in [-0.2, 0) is 23.9 Å². The van der Waals surface area contributed by atoms with Crippen LogP contribution >= 0.6 is 0 Å². The summed E-state index contributed by atoms with van der Waals surface area (Å²) in [5.74, 6) is -0.0377. The second-order valence-corrected chi connectivity index (χ2v) is 5.25. The van der Waals surface area contributed by atoms with Crippen LogP contribution in [0.3, 0.4) is 0 Å². The summed E-state index contributed by atoms with van der Waals surface area (Å²) in [6, 6.07) is 0. The molecule has 0 heterocycles. The van der Waals surface area contributed by atoms with Gasteiger partial charge in [-0.1, -0.05) is 12.2 Å². The Kier molecular flexibility index (Phi) is 12.6. The molecule has 0 aliphatic rings. The van der Waals surface area contributed by atoms with Gasteiger partial charge >= 0.3 is 0 Å². The zero-order chi connectivity index (χ0) is 17.5. The van der Waals surface area contributed by atoms with Gasteiger partial charge in [0.2, 0.25) is 0 Å². The van der Waals surface area contributed by atoms with Crippen molar-refractivity contribution in [1.82, 2.24) is 0 Å². The number of ether oxygens (including phenoxy) is 1. The lowest BCUT2D eigenvalue weighted by atomic mass is 10.1. The maximum absolute atomic E-state index is 11.5. The van der Waals surface area contributed by atoms with Crippen molar-refractivity contribution in [2.24, 2.45) is 0 Å². The van der Waals surface area contributed by atoms with Crippen LogP contribution in [0.15, 0.2) is 25.3 Å². The molecule has 0 rings (SSSR count). The smallest absolute Gasteiger partial charge is 0.137 e. The van der Waals surface area contributed by atoms with Gasteiger partial charge in [-0.05, 0) is 0 Å². The van der Waals surface area contributed by atoms with Crippen molar-refractivity contribution in [2.45, 2.75) is 51.4 Å². The zero-order valence-electron chi connectivity index (χ0n) is 13.7. The highest BCUT2D eigenvalue weighted by molar-refractivity contribution is 5.87. The van der Waals surface area contributed by atoms with E-state index in [1.54, 1.807) is 0 Å². The van der Waals surface area contributed by atoms with Gasteiger partial charge in [-0.15, -0.1) is 13.2 Å². The molecule has 0 aromatic heterocycles. The van der Waals surface area contributed by atoms with Crippen molar-refractivity contribution < 1.29 is 23.9 Å². The minimum Gasteiger partial charge on any atom is -0.381 e. The third-order valence-electron chi connectivity index (χ3n) is 3.16. The fourth-order valence-corrected chi connectivity index (χ4v) is 1.81. The van der Waals surface area contributed by atoms with Crippen molar-refractivity contribution in [1.29, 1.82) is 0 Å². The molecule has 0 aliphatic heterocycles. The van der Waals surface area contributed by atoms with Crippen LogP contribution in [0.4, 0.5) is 0 Å². The number of carbonyl (C=O) groups excluding carboxylic acids is 4. The Hall–Kier alpha value is -1.88. The quantitative estimate of drug-likeness (QED) is 0.322. The van der Waals surface area contributed by atoms with E-state index in [1.807, 2.05) is 0 Å². The molecule has 0 fully saturated rings. The molecule has 0 amide bonds. The van der Waals surface area contributed by atoms with Gasteiger partial charge in [0.15, 0.2) is 0 Å². The fourth-order valence-electron chi connectivity index (χ4n) is 1.81. The molecular weight excluding hydrogens is 296 g/mol. The largest absolute Gasteiger partial charge is 0.381 e. The van der Waals surface area contributed by atoms with Crippen LogP contribution < -0.4 is 0 Å². The first-order chi connectivity index (χ1) is 11.0. The molecule has 0 aromatic rings. The molecule has 0 saturated heterocycles. The van der Waals surface area contributed by atoms with Crippen LogP contribution in [-0.4, -0.2) is 36.3 Å². The van der Waals surface area contributed by atoms with E-state index in [-0.39, 0.29) is 74.9 Å². The van der Waals surface area contributed by atoms with E-state index in [0.29, 0.717) is 12.8 Å². The molecule has 5 heteroatoms. The molecule has 5 nitrogen and oxygen atoms in total. The summed E-state index contributed by atoms with van der Waals surface area (Å²) in [7, 11) is 0. The Bertz CT molecular complexity index is 397. The monoisotopic (exact) mass is 322 g/mol. The van der Waals surface area contributed by atoms with Crippen molar-refractivity contribution in [3.8, 4) is 0 Å². The van der Waals surface area contributed by atoms with Crippen LogP contribution in [0.2, 0.25) is 0 Å². The highest BCUT2D eigenvalue weighted by Crippen LogP contribution is 2.02. The minimum atomic E-state index is -0.0243. The third-order valence-corrected chi connectivity index (χ3v) is 3.16. The molecule has 0 aliphatic carbocycles. The summed E-state index contributed by atoms with van der Waals surface area (Å²) >= 11 is 0. The molecule has 23 heavy (non-hydrogen) atoms. The van der Waals surface area contributed by atoms with Gasteiger partial charge in [0.25, 0.3) is 0 Å². The fraction of sp³-hybridized carbons (Fsp3) is 0.556. The molecule has 0 bridgehead atoms. The van der Waals surface area contributed by atoms with E-state index in [9.17, 15) is 19.2 Å². The maximum atomic E-state index is 11.5. The molecule has 0 spiro atoms. The molecule has 0 atom stereocenters. The van der Waals surface area contributed by atoms with E-state index >= 15 is 0 Å². The second kappa shape index (κ2) is 13.8. The zero-order valence-corrected chi connectivity index (χ0v) is 13.7. The van der Waals surface area contributed by atoms with Crippen molar-refractivity contribution in [3.05, 3.63) is 25.3 Å². The van der Waals surface area contributed by atoms with E-state index < -0.39 is 0 Å². The van der Waals surface area contributed by atoms with Gasteiger partial charge in [0.1, 0.15) is 23.1 Å². The number of hydrogen-bond acceptors (Lipinski definition) is 5. The first kappa shape index (κ1) is 21.1. The second-order valence-electron chi connectivity index (χ2n) is 5.25. The SMILES string of the molecule is C=CCC(=O)CCC(=O)CCOCCC(=O)CCC(=O)CC=C. The van der Waals surface area contributed by atoms with Crippen molar-refractivity contribution in [2.75, 3.05) is 13.2 Å². The Morgan fingerprint density at radius 2 is 0.957 bits per heavy atom. The Morgan fingerprint density at radius 3 is 1.30 bits per heavy atom. The van der Waals surface area contributed by atoms with Gasteiger partial charge in [-0.3, -0.25) is 19.2 Å². The average Bonchev–Trinajstić information content (AvgIpc) is 2.51. The number of carbonyl (C=O) groups is 4. The minimum absolute atomic E-state index is 0.00543. The lowest BCUT2D eigenvalue weighted by Crippen LogP contribution is -2.10. The first-order valence-corrected chi connectivity index (χ1v) is 7.86. The third kappa shape index (κ3) is 13.5. The van der Waals surface area contributed by atoms with E-state index in [2.05, 4.69) is 13.2 Å². The van der Waals surface area contributed by atoms with E-state index in [0.717, 1.165) is 0 Å². The molecule has 0 aromatic carbocycles. The Balaban J connectivity index is 3.57. The number of allylic oxidation sites excluding steroid dienone is 2. The predicted molar refractivity (Wildman–Crippen MR) is 88.2 cm³/mol. The standard InChI is InChI=1S/C18H26O5/c1-3-5-15(19)7-9-17(21)11-13-23-14-12-18(22)10-8-16(20)6-4-2/h3-4H,1-2,5-14H2. The predicted octanol–water partition coefficient (Wildman–Crippen LogP) is 2.77. The van der Waals surface area contributed by atoms with Gasteiger partial charge < -0.3 is 4.74 Å². The Morgan fingerprint density at radius 1 is 0.609 bits per heavy atom. The maximum Gasteiger partial charge on any atom is 0.137 e. The molecular formula is C18H26O5. The van der Waals surface area contributed by atoms with Crippen molar-refractivity contribution >= 4 is 23.1 Å². The topological polar surface area (TPSA) is 77.5 Å². The highest BCUT2D eigenvalue weighted by atomic mass is 16.5. The summed E-state index contributed by atoms with van der Waals surface area (Å²) < 4.78 is 5.24. The van der Waals surface area contributed by atoms with Gasteiger partial charge in [0.05, 0.1) is 13.2 Å². The van der Waals surface area contributed by atoms with Gasteiger partial charge in [0, 0.05) is 51.4 Å². The normalized spacial score (nSPS) is 10.1. The summed E-state index contributed by atoms with van der Waals surface area (Å²) in [4.78, 5) is 45.5. The molecule has 0 radical (unpaired) electrons. The summed E-state index contributed by atoms with van der Waals surface area (Å²) in [5.41, 5.74) is 0. The average molecular weight is 322 g/mol. The van der Waals surface area contributed by atoms with Crippen molar-refractivity contribution in [3.63, 3.8) is 0 Å². The lowest BCUT2D eigenvalue weighted by Gasteiger charge is -2.04. The number of ketones is 4. The molecule has 0 saturated carbocycles. The van der Waals surface area contributed by atoms with Crippen LogP contribution in [0.25, 0.3) is 0 Å². The molecule has 128 valence electrons. The number of rotatable bonds is 16. The van der Waals surface area contributed by atoms with Crippen LogP contribution in [0, 0.1) is 0 Å². The summed E-state index contributed by atoms with van der Waals surface area (Å²) in [5, 5.41) is 0. The van der Waals surface area contributed by atoms with Crippen LogP contribution in [0.5, 0.6) is 0 Å². The molecule has 0 unspecified atom stereocenters. The highest BCUT2D eigenvalue weighted by Gasteiger charge is 2.08. The summed E-state index contributed by atoms with van der Waals surface area (Å²) in [6.07, 6.45) is 5.05. The lowest BCUT2D eigenvalue weighted by molar-refractivity contribution is -0.125.